The molecule has 2 aliphatic rings. The second kappa shape index (κ2) is 7.15. The van der Waals surface area contributed by atoms with Gasteiger partial charge in [0.25, 0.3) is 0 Å². The number of benzene rings is 1. The van der Waals surface area contributed by atoms with Gasteiger partial charge in [0.15, 0.2) is 0 Å². The van der Waals surface area contributed by atoms with E-state index in [1.807, 2.05) is 0 Å². The van der Waals surface area contributed by atoms with E-state index in [0.29, 0.717) is 12.7 Å². The van der Waals surface area contributed by atoms with E-state index < -0.39 is 8.07 Å². The molecular weight excluding hydrogens is 362 g/mol. The quantitative estimate of drug-likeness (QED) is 0.340. The van der Waals surface area contributed by atoms with Gasteiger partial charge in [-0.2, -0.15) is 0 Å². The molecule has 4 rings (SSSR count). The van der Waals surface area contributed by atoms with Crippen LogP contribution in [0.2, 0.25) is 25.7 Å². The number of H-pyrrole nitrogens is 1. The Hall–Kier alpha value is -1.36. The fraction of sp³-hybridized carbons (Fsp3) is 0.583. The zero-order valence-electron chi connectivity index (χ0n) is 18.3. The van der Waals surface area contributed by atoms with Crippen molar-refractivity contribution in [1.29, 1.82) is 0 Å². The number of fused-ring (bicyclic) bond motifs is 5. The molecule has 2 aliphatic carbocycles. The molecule has 152 valence electrons. The van der Waals surface area contributed by atoms with Gasteiger partial charge >= 0.3 is 0 Å². The molecular formula is C24H35NO2Si. The Balaban J connectivity index is 1.60. The molecule has 0 saturated heterocycles. The molecule has 0 amide bonds. The maximum atomic E-state index is 6.50. The maximum absolute atomic E-state index is 6.50. The van der Waals surface area contributed by atoms with Crippen LogP contribution in [-0.4, -0.2) is 32.6 Å². The minimum atomic E-state index is -1.07. The molecule has 1 heterocycles. The minimum absolute atomic E-state index is 0.135. The van der Waals surface area contributed by atoms with Crippen LogP contribution in [0.25, 0.3) is 16.5 Å². The zero-order chi connectivity index (χ0) is 20.1. The van der Waals surface area contributed by atoms with Crippen LogP contribution in [0.15, 0.2) is 29.8 Å². The standard InChI is InChI=1S/C24H35NO2Si/c1-16-17-11-12-24(2,3)23(27-15-26-13-14-28(4,5)6)21(17)20-18-9-7-8-10-19(18)25-22(16)20/h7-10,21,23,25H,11-15H2,1-6H3/t21-,23-/m1/s1. The van der Waals surface area contributed by atoms with E-state index >= 15 is 0 Å². The summed E-state index contributed by atoms with van der Waals surface area (Å²) >= 11 is 0. The summed E-state index contributed by atoms with van der Waals surface area (Å²) in [4.78, 5) is 3.68. The van der Waals surface area contributed by atoms with Crippen molar-refractivity contribution in [2.45, 2.75) is 71.3 Å². The minimum Gasteiger partial charge on any atom is -0.356 e. The summed E-state index contributed by atoms with van der Waals surface area (Å²) in [5.74, 6) is 0.343. The second-order valence-electron chi connectivity index (χ2n) is 10.5. The number of ether oxygens (including phenoxy) is 2. The molecule has 1 aromatic carbocycles. The van der Waals surface area contributed by atoms with Gasteiger partial charge in [0.2, 0.25) is 0 Å². The van der Waals surface area contributed by atoms with E-state index in [-0.39, 0.29) is 11.5 Å². The van der Waals surface area contributed by atoms with E-state index in [4.69, 9.17) is 9.47 Å². The van der Waals surface area contributed by atoms with Crippen molar-refractivity contribution >= 4 is 24.5 Å². The highest BCUT2D eigenvalue weighted by molar-refractivity contribution is 6.76. The van der Waals surface area contributed by atoms with Gasteiger partial charge < -0.3 is 14.5 Å². The van der Waals surface area contributed by atoms with Gasteiger partial charge in [-0.3, -0.25) is 0 Å². The van der Waals surface area contributed by atoms with Crippen LogP contribution in [0.4, 0.5) is 0 Å². The van der Waals surface area contributed by atoms with Gasteiger partial charge in [-0.15, -0.1) is 0 Å². The Morgan fingerprint density at radius 2 is 1.93 bits per heavy atom. The summed E-state index contributed by atoms with van der Waals surface area (Å²) < 4.78 is 12.4. The van der Waals surface area contributed by atoms with Crippen LogP contribution in [0.3, 0.4) is 0 Å². The molecule has 1 N–H and O–H groups in total. The van der Waals surface area contributed by atoms with E-state index in [9.17, 15) is 0 Å². The molecule has 0 radical (unpaired) electrons. The molecule has 2 atom stereocenters. The van der Waals surface area contributed by atoms with E-state index in [0.717, 1.165) is 19.4 Å². The SMILES string of the molecule is CC1=C2CCC(C)(C)[C@H](OCOCC[Si](C)(C)C)[C@H]2c2c1[nH]c1ccccc21. The van der Waals surface area contributed by atoms with Crippen LogP contribution in [0.5, 0.6) is 0 Å². The molecule has 3 nitrogen and oxygen atoms in total. The van der Waals surface area contributed by atoms with Gasteiger partial charge in [0.1, 0.15) is 6.79 Å². The molecule has 28 heavy (non-hydrogen) atoms. The summed E-state index contributed by atoms with van der Waals surface area (Å²) in [7, 11) is -1.07. The number of rotatable bonds is 6. The number of hydrogen-bond donors (Lipinski definition) is 1. The van der Waals surface area contributed by atoms with Gasteiger partial charge in [-0.25, -0.2) is 0 Å². The average molecular weight is 398 g/mol. The third-order valence-electron chi connectivity index (χ3n) is 6.73. The number of allylic oxidation sites excluding steroid dienone is 1. The highest BCUT2D eigenvalue weighted by Gasteiger charge is 2.48. The van der Waals surface area contributed by atoms with Crippen molar-refractivity contribution < 1.29 is 9.47 Å². The second-order valence-corrected chi connectivity index (χ2v) is 16.1. The highest BCUT2D eigenvalue weighted by atomic mass is 28.3. The van der Waals surface area contributed by atoms with Gasteiger partial charge in [0.05, 0.1) is 6.10 Å². The third-order valence-corrected chi connectivity index (χ3v) is 8.43. The predicted molar refractivity (Wildman–Crippen MR) is 120 cm³/mol. The number of aromatic amines is 1. The smallest absolute Gasteiger partial charge is 0.147 e. The third kappa shape index (κ3) is 3.51. The molecule has 4 heteroatoms. The molecule has 2 aromatic rings. The van der Waals surface area contributed by atoms with Crippen molar-refractivity contribution in [2.24, 2.45) is 5.41 Å². The van der Waals surface area contributed by atoms with Crippen LogP contribution in [-0.2, 0) is 9.47 Å². The van der Waals surface area contributed by atoms with Crippen molar-refractivity contribution in [3.63, 3.8) is 0 Å². The summed E-state index contributed by atoms with van der Waals surface area (Å²) in [5, 5.41) is 1.35. The number of nitrogens with one attached hydrogen (secondary N) is 1. The first kappa shape index (κ1) is 19.9. The molecule has 0 bridgehead atoms. The Bertz CT molecular complexity index is 903. The summed E-state index contributed by atoms with van der Waals surface area (Å²) in [6, 6.07) is 9.88. The lowest BCUT2D eigenvalue weighted by Crippen LogP contribution is -2.41. The number of para-hydroxylation sites is 1. The lowest BCUT2D eigenvalue weighted by molar-refractivity contribution is -0.134. The van der Waals surface area contributed by atoms with Crippen molar-refractivity contribution in [3.8, 4) is 0 Å². The van der Waals surface area contributed by atoms with Crippen molar-refractivity contribution in [3.05, 3.63) is 41.1 Å². The molecule has 1 aromatic heterocycles. The molecule has 0 aliphatic heterocycles. The van der Waals surface area contributed by atoms with E-state index in [1.165, 1.54) is 33.8 Å². The monoisotopic (exact) mass is 397 g/mol. The Kier molecular flexibility index (Phi) is 5.09. The van der Waals surface area contributed by atoms with Crippen LogP contribution in [0, 0.1) is 5.41 Å². The van der Waals surface area contributed by atoms with E-state index in [2.05, 4.69) is 69.7 Å². The Labute approximate surface area is 170 Å². The molecule has 1 saturated carbocycles. The van der Waals surface area contributed by atoms with Crippen LogP contribution < -0.4 is 0 Å². The Morgan fingerprint density at radius 3 is 2.68 bits per heavy atom. The van der Waals surface area contributed by atoms with Gasteiger partial charge in [-0.05, 0) is 48.4 Å². The normalized spacial score (nSPS) is 23.9. The number of aromatic nitrogens is 1. The zero-order valence-corrected chi connectivity index (χ0v) is 19.3. The first-order valence-corrected chi connectivity index (χ1v) is 14.4. The Morgan fingerprint density at radius 1 is 1.18 bits per heavy atom. The fourth-order valence-corrected chi connectivity index (χ4v) is 5.72. The highest BCUT2D eigenvalue weighted by Crippen LogP contribution is 2.56. The van der Waals surface area contributed by atoms with Crippen LogP contribution in [0.1, 0.15) is 50.8 Å². The van der Waals surface area contributed by atoms with Crippen molar-refractivity contribution in [2.75, 3.05) is 13.4 Å². The summed E-state index contributed by atoms with van der Waals surface area (Å²) in [6.45, 7) is 15.4. The first-order valence-electron chi connectivity index (χ1n) is 10.7. The molecule has 1 fully saturated rings. The average Bonchev–Trinajstić information content (AvgIpc) is 3.11. The summed E-state index contributed by atoms with van der Waals surface area (Å²) in [6.07, 6.45) is 2.48. The number of hydrogen-bond acceptors (Lipinski definition) is 2. The van der Waals surface area contributed by atoms with Crippen molar-refractivity contribution in [1.82, 2.24) is 4.98 Å². The van der Waals surface area contributed by atoms with Gasteiger partial charge in [0, 0.05) is 37.2 Å². The molecule has 0 spiro atoms. The van der Waals surface area contributed by atoms with Gasteiger partial charge in [-0.1, -0.05) is 57.3 Å². The molecule has 0 unspecified atom stereocenters. The maximum Gasteiger partial charge on any atom is 0.147 e. The lowest BCUT2D eigenvalue weighted by atomic mass is 9.66. The van der Waals surface area contributed by atoms with Crippen LogP contribution >= 0.6 is 0 Å². The largest absolute Gasteiger partial charge is 0.356 e. The first-order chi connectivity index (χ1) is 13.2. The lowest BCUT2D eigenvalue weighted by Gasteiger charge is -2.44. The summed E-state index contributed by atoms with van der Waals surface area (Å²) in [5.41, 5.74) is 7.14. The fourth-order valence-electron chi connectivity index (χ4n) is 4.96. The van der Waals surface area contributed by atoms with E-state index in [1.54, 1.807) is 5.57 Å². The topological polar surface area (TPSA) is 34.2 Å². The predicted octanol–water partition coefficient (Wildman–Crippen LogP) is 6.56.